The van der Waals surface area contributed by atoms with Crippen LogP contribution in [-0.2, 0) is 26.0 Å². The Bertz CT molecular complexity index is 1250. The van der Waals surface area contributed by atoms with Gasteiger partial charge >= 0.3 is 0 Å². The van der Waals surface area contributed by atoms with Crippen LogP contribution in [0.25, 0.3) is 0 Å². The quantitative estimate of drug-likeness (QED) is 0.443. The fourth-order valence-electron chi connectivity index (χ4n) is 4.03. The molecule has 1 aliphatic carbocycles. The van der Waals surface area contributed by atoms with Crippen molar-refractivity contribution in [2.45, 2.75) is 39.3 Å². The summed E-state index contributed by atoms with van der Waals surface area (Å²) in [5.74, 6) is 1.80. The zero-order valence-corrected chi connectivity index (χ0v) is 18.0. The molecule has 0 atom stereocenters. The summed E-state index contributed by atoms with van der Waals surface area (Å²) in [6.45, 7) is 2.99. The van der Waals surface area contributed by atoms with Gasteiger partial charge in [-0.3, -0.25) is 9.48 Å². The SMILES string of the molecule is Cc1ccccc1Cn1ccc(NC(=O)c2ccc(COc3ccc4c(c3)CCC4)o2)n1. The van der Waals surface area contributed by atoms with Gasteiger partial charge in [-0.1, -0.05) is 30.3 Å². The van der Waals surface area contributed by atoms with Crippen molar-refractivity contribution in [3.05, 3.63) is 101 Å². The number of nitrogens with zero attached hydrogens (tertiary/aromatic N) is 2. The first-order valence-corrected chi connectivity index (χ1v) is 10.9. The van der Waals surface area contributed by atoms with E-state index < -0.39 is 0 Å². The molecule has 0 radical (unpaired) electrons. The molecule has 2 heterocycles. The second-order valence-corrected chi connectivity index (χ2v) is 8.12. The van der Waals surface area contributed by atoms with Crippen LogP contribution in [0.2, 0.25) is 0 Å². The summed E-state index contributed by atoms with van der Waals surface area (Å²) < 4.78 is 13.3. The molecule has 0 spiro atoms. The number of hydrogen-bond donors (Lipinski definition) is 1. The predicted octanol–water partition coefficient (Wildman–Crippen LogP) is 5.15. The zero-order chi connectivity index (χ0) is 21.9. The highest BCUT2D eigenvalue weighted by atomic mass is 16.5. The van der Waals surface area contributed by atoms with Crippen molar-refractivity contribution in [3.63, 3.8) is 0 Å². The summed E-state index contributed by atoms with van der Waals surface area (Å²) in [5.41, 5.74) is 5.17. The molecule has 0 bridgehead atoms. The van der Waals surface area contributed by atoms with Crippen molar-refractivity contribution in [2.75, 3.05) is 5.32 Å². The number of benzene rings is 2. The lowest BCUT2D eigenvalue weighted by Gasteiger charge is -2.06. The third-order valence-electron chi connectivity index (χ3n) is 5.81. The van der Waals surface area contributed by atoms with Crippen LogP contribution in [0.3, 0.4) is 0 Å². The smallest absolute Gasteiger partial charge is 0.292 e. The van der Waals surface area contributed by atoms with Crippen LogP contribution in [-0.4, -0.2) is 15.7 Å². The molecule has 1 amide bonds. The monoisotopic (exact) mass is 427 g/mol. The van der Waals surface area contributed by atoms with Gasteiger partial charge in [0, 0.05) is 12.3 Å². The molecular formula is C26H25N3O3. The maximum Gasteiger partial charge on any atom is 0.292 e. The van der Waals surface area contributed by atoms with Gasteiger partial charge in [-0.2, -0.15) is 5.10 Å². The summed E-state index contributed by atoms with van der Waals surface area (Å²) >= 11 is 0. The Hall–Kier alpha value is -3.80. The Morgan fingerprint density at radius 2 is 1.97 bits per heavy atom. The fraction of sp³-hybridized carbons (Fsp3) is 0.231. The topological polar surface area (TPSA) is 69.3 Å². The number of amides is 1. The summed E-state index contributed by atoms with van der Waals surface area (Å²) in [4.78, 5) is 12.6. The van der Waals surface area contributed by atoms with Gasteiger partial charge in [0.05, 0.1) is 6.54 Å². The van der Waals surface area contributed by atoms with Crippen molar-refractivity contribution in [2.24, 2.45) is 0 Å². The van der Waals surface area contributed by atoms with E-state index in [1.165, 1.54) is 28.7 Å². The van der Waals surface area contributed by atoms with E-state index in [0.717, 1.165) is 18.6 Å². The van der Waals surface area contributed by atoms with Crippen molar-refractivity contribution in [1.29, 1.82) is 0 Å². The maximum atomic E-state index is 12.6. The van der Waals surface area contributed by atoms with Crippen LogP contribution >= 0.6 is 0 Å². The van der Waals surface area contributed by atoms with Gasteiger partial charge in [-0.15, -0.1) is 0 Å². The van der Waals surface area contributed by atoms with Gasteiger partial charge < -0.3 is 14.5 Å². The Labute approximate surface area is 186 Å². The zero-order valence-electron chi connectivity index (χ0n) is 18.0. The largest absolute Gasteiger partial charge is 0.486 e. The minimum absolute atomic E-state index is 0.228. The molecule has 0 unspecified atom stereocenters. The first-order valence-electron chi connectivity index (χ1n) is 10.9. The standard InChI is InChI=1S/C26H25N3O3/c1-18-5-2-3-6-21(18)16-29-14-13-25(28-29)27-26(30)24-12-11-23(32-24)17-31-22-10-9-19-7-4-8-20(19)15-22/h2-3,5-6,9-15H,4,7-8,16-17H2,1H3,(H,27,28,30). The van der Waals surface area contributed by atoms with Crippen LogP contribution < -0.4 is 10.1 Å². The Morgan fingerprint density at radius 3 is 2.88 bits per heavy atom. The van der Waals surface area contributed by atoms with Crippen molar-refractivity contribution in [1.82, 2.24) is 9.78 Å². The minimum atomic E-state index is -0.338. The fourth-order valence-corrected chi connectivity index (χ4v) is 4.03. The lowest BCUT2D eigenvalue weighted by Crippen LogP contribution is -2.12. The molecule has 6 heteroatoms. The molecule has 32 heavy (non-hydrogen) atoms. The Balaban J connectivity index is 1.17. The maximum absolute atomic E-state index is 12.6. The number of carbonyl (C=O) groups excluding carboxylic acids is 1. The van der Waals surface area contributed by atoms with E-state index in [1.807, 2.05) is 24.4 Å². The first-order chi connectivity index (χ1) is 15.6. The van der Waals surface area contributed by atoms with Gasteiger partial charge in [-0.05, 0) is 72.7 Å². The highest BCUT2D eigenvalue weighted by molar-refractivity contribution is 6.01. The number of ether oxygens (including phenoxy) is 1. The number of carbonyl (C=O) groups is 1. The summed E-state index contributed by atoms with van der Waals surface area (Å²) in [7, 11) is 0. The van der Waals surface area contributed by atoms with Gasteiger partial charge in [-0.25, -0.2) is 0 Å². The molecule has 2 aromatic carbocycles. The average Bonchev–Trinajstić information content (AvgIpc) is 3.54. The second kappa shape index (κ2) is 8.75. The van der Waals surface area contributed by atoms with Crippen LogP contribution in [0, 0.1) is 6.92 Å². The summed E-state index contributed by atoms with van der Waals surface area (Å²) in [6.07, 6.45) is 5.31. The van der Waals surface area contributed by atoms with Crippen LogP contribution in [0.15, 0.2) is 71.3 Å². The molecule has 5 rings (SSSR count). The number of rotatable bonds is 7. The molecule has 0 saturated heterocycles. The van der Waals surface area contributed by atoms with E-state index in [-0.39, 0.29) is 18.3 Å². The van der Waals surface area contributed by atoms with E-state index in [4.69, 9.17) is 9.15 Å². The third-order valence-corrected chi connectivity index (χ3v) is 5.81. The van der Waals surface area contributed by atoms with Gasteiger partial charge in [0.15, 0.2) is 11.6 Å². The first kappa shape index (κ1) is 20.1. The molecule has 6 nitrogen and oxygen atoms in total. The number of nitrogens with one attached hydrogen (secondary N) is 1. The number of anilines is 1. The molecule has 1 aliphatic rings. The molecular weight excluding hydrogens is 402 g/mol. The molecule has 2 aromatic heterocycles. The van der Waals surface area contributed by atoms with Crippen LogP contribution in [0.1, 0.15) is 45.0 Å². The van der Waals surface area contributed by atoms with Gasteiger partial charge in [0.1, 0.15) is 18.1 Å². The highest BCUT2D eigenvalue weighted by Crippen LogP contribution is 2.26. The van der Waals surface area contributed by atoms with Crippen LogP contribution in [0.5, 0.6) is 5.75 Å². The number of aryl methyl sites for hydroxylation is 3. The van der Waals surface area contributed by atoms with Gasteiger partial charge in [0.25, 0.3) is 5.91 Å². The van der Waals surface area contributed by atoms with Crippen molar-refractivity contribution >= 4 is 11.7 Å². The lowest BCUT2D eigenvalue weighted by molar-refractivity contribution is 0.0992. The average molecular weight is 428 g/mol. The molecule has 4 aromatic rings. The number of aromatic nitrogens is 2. The van der Waals surface area contributed by atoms with Crippen LogP contribution in [0.4, 0.5) is 5.82 Å². The Kier molecular flexibility index (Phi) is 5.50. The van der Waals surface area contributed by atoms with E-state index in [1.54, 1.807) is 22.9 Å². The molecule has 0 aliphatic heterocycles. The molecule has 0 fully saturated rings. The number of fused-ring (bicyclic) bond motifs is 1. The predicted molar refractivity (Wildman–Crippen MR) is 122 cm³/mol. The van der Waals surface area contributed by atoms with Crippen molar-refractivity contribution in [3.8, 4) is 5.75 Å². The second-order valence-electron chi connectivity index (χ2n) is 8.12. The summed E-state index contributed by atoms with van der Waals surface area (Å²) in [6, 6.07) is 19.6. The molecule has 0 saturated carbocycles. The number of hydrogen-bond acceptors (Lipinski definition) is 4. The third kappa shape index (κ3) is 4.44. The highest BCUT2D eigenvalue weighted by Gasteiger charge is 2.15. The molecule has 162 valence electrons. The van der Waals surface area contributed by atoms with Crippen molar-refractivity contribution < 1.29 is 13.9 Å². The van der Waals surface area contributed by atoms with E-state index >= 15 is 0 Å². The summed E-state index contributed by atoms with van der Waals surface area (Å²) in [5, 5.41) is 7.23. The molecule has 1 N–H and O–H groups in total. The van der Waals surface area contributed by atoms with Gasteiger partial charge in [0.2, 0.25) is 0 Å². The lowest BCUT2D eigenvalue weighted by atomic mass is 10.1. The van der Waals surface area contributed by atoms with E-state index in [0.29, 0.717) is 18.1 Å². The minimum Gasteiger partial charge on any atom is -0.486 e. The normalized spacial score (nSPS) is 12.5. The van der Waals surface area contributed by atoms with E-state index in [2.05, 4.69) is 41.6 Å². The Morgan fingerprint density at radius 1 is 1.09 bits per heavy atom. The number of furan rings is 1. The van der Waals surface area contributed by atoms with E-state index in [9.17, 15) is 4.79 Å².